The van der Waals surface area contributed by atoms with Gasteiger partial charge in [0, 0.05) is 19.7 Å². The molecule has 4 nitrogen and oxygen atoms in total. The lowest BCUT2D eigenvalue weighted by Gasteiger charge is -2.36. The van der Waals surface area contributed by atoms with Crippen LogP contribution in [-0.2, 0) is 4.79 Å². The molecule has 0 spiro atoms. The number of likely N-dealkylation sites (tertiary alicyclic amines) is 1. The normalized spacial score (nSPS) is 21.0. The Bertz CT molecular complexity index is 433. The van der Waals surface area contributed by atoms with E-state index in [2.05, 4.69) is 0 Å². The number of piperidine rings is 1. The highest BCUT2D eigenvalue weighted by Gasteiger charge is 2.30. The largest absolute Gasteiger partial charge is 0.396 e. The number of hydrogen-bond donors (Lipinski definition) is 1. The van der Waals surface area contributed by atoms with Crippen molar-refractivity contribution in [3.63, 3.8) is 0 Å². The summed E-state index contributed by atoms with van der Waals surface area (Å²) in [5, 5.41) is 9.31. The van der Waals surface area contributed by atoms with Crippen LogP contribution in [0.2, 0.25) is 0 Å². The Morgan fingerprint density at radius 3 is 2.70 bits per heavy atom. The third-order valence-electron chi connectivity index (χ3n) is 3.95. The highest BCUT2D eigenvalue weighted by Crippen LogP contribution is 2.24. The van der Waals surface area contributed by atoms with Gasteiger partial charge in [0.2, 0.25) is 5.91 Å². The topological polar surface area (TPSA) is 43.8 Å². The first-order valence-electron chi connectivity index (χ1n) is 7.24. The first kappa shape index (κ1) is 15.0. The maximum atomic E-state index is 12.8. The van der Waals surface area contributed by atoms with E-state index < -0.39 is 0 Å². The number of rotatable bonds is 4. The van der Waals surface area contributed by atoms with E-state index in [1.165, 1.54) is 0 Å². The predicted molar refractivity (Wildman–Crippen MR) is 79.3 cm³/mol. The van der Waals surface area contributed by atoms with Crippen molar-refractivity contribution in [3.05, 3.63) is 35.9 Å². The number of hydrogen-bond acceptors (Lipinski definition) is 3. The van der Waals surface area contributed by atoms with Crippen molar-refractivity contribution in [1.29, 1.82) is 0 Å². The number of benzene rings is 1. The number of aliphatic hydroxyl groups is 1. The minimum atomic E-state index is -0.242. The molecule has 1 aromatic carbocycles. The van der Waals surface area contributed by atoms with Crippen molar-refractivity contribution < 1.29 is 9.90 Å². The van der Waals surface area contributed by atoms with E-state index in [1.807, 2.05) is 54.2 Å². The van der Waals surface area contributed by atoms with Gasteiger partial charge >= 0.3 is 0 Å². The van der Waals surface area contributed by atoms with E-state index in [0.717, 1.165) is 24.9 Å². The van der Waals surface area contributed by atoms with E-state index in [-0.39, 0.29) is 24.5 Å². The molecular formula is C16H24N2O2. The van der Waals surface area contributed by atoms with E-state index in [9.17, 15) is 9.90 Å². The van der Waals surface area contributed by atoms with Gasteiger partial charge in [-0.1, -0.05) is 30.3 Å². The molecule has 2 unspecified atom stereocenters. The highest BCUT2D eigenvalue weighted by molar-refractivity contribution is 5.83. The van der Waals surface area contributed by atoms with Gasteiger partial charge in [-0.15, -0.1) is 0 Å². The average Bonchev–Trinajstić information content (AvgIpc) is 2.48. The van der Waals surface area contributed by atoms with Gasteiger partial charge in [0.25, 0.3) is 0 Å². The summed E-state index contributed by atoms with van der Waals surface area (Å²) in [6.45, 7) is 1.64. The summed E-state index contributed by atoms with van der Waals surface area (Å²) in [6.07, 6.45) is 1.99. The summed E-state index contributed by atoms with van der Waals surface area (Å²) >= 11 is 0. The van der Waals surface area contributed by atoms with E-state index >= 15 is 0 Å². The van der Waals surface area contributed by atoms with Gasteiger partial charge in [-0.05, 0) is 38.4 Å². The molecule has 1 amide bonds. The van der Waals surface area contributed by atoms with E-state index in [4.69, 9.17) is 0 Å². The first-order valence-corrected chi connectivity index (χ1v) is 7.24. The summed E-state index contributed by atoms with van der Waals surface area (Å²) < 4.78 is 0. The molecule has 4 heteroatoms. The highest BCUT2D eigenvalue weighted by atomic mass is 16.3. The van der Waals surface area contributed by atoms with E-state index in [0.29, 0.717) is 6.54 Å². The Hall–Kier alpha value is -1.39. The lowest BCUT2D eigenvalue weighted by Crippen LogP contribution is -2.46. The number of carbonyl (C=O) groups excluding carboxylic acids is 1. The molecule has 1 saturated heterocycles. The molecule has 1 N–H and O–H groups in total. The minimum Gasteiger partial charge on any atom is -0.396 e. The molecule has 110 valence electrons. The third kappa shape index (κ3) is 3.38. The van der Waals surface area contributed by atoms with Crippen molar-refractivity contribution in [2.24, 2.45) is 5.92 Å². The van der Waals surface area contributed by atoms with Crippen molar-refractivity contribution in [3.8, 4) is 0 Å². The maximum absolute atomic E-state index is 12.8. The van der Waals surface area contributed by atoms with Gasteiger partial charge in [-0.25, -0.2) is 0 Å². The molecule has 0 saturated carbocycles. The fourth-order valence-electron chi connectivity index (χ4n) is 2.88. The van der Waals surface area contributed by atoms with Crippen LogP contribution in [-0.4, -0.2) is 54.6 Å². The quantitative estimate of drug-likeness (QED) is 0.907. The van der Waals surface area contributed by atoms with Gasteiger partial charge < -0.3 is 10.0 Å². The second kappa shape index (κ2) is 6.86. The summed E-state index contributed by atoms with van der Waals surface area (Å²) in [5.41, 5.74) is 1.02. The molecule has 20 heavy (non-hydrogen) atoms. The Kier molecular flexibility index (Phi) is 5.15. The van der Waals surface area contributed by atoms with Crippen LogP contribution in [0.4, 0.5) is 0 Å². The maximum Gasteiger partial charge on any atom is 0.244 e. The van der Waals surface area contributed by atoms with Crippen LogP contribution in [0.15, 0.2) is 30.3 Å². The third-order valence-corrected chi connectivity index (χ3v) is 3.95. The molecule has 1 fully saturated rings. The fourth-order valence-corrected chi connectivity index (χ4v) is 2.88. The van der Waals surface area contributed by atoms with Crippen molar-refractivity contribution in [1.82, 2.24) is 9.80 Å². The molecule has 0 aromatic heterocycles. The van der Waals surface area contributed by atoms with Crippen LogP contribution >= 0.6 is 0 Å². The molecular weight excluding hydrogens is 252 g/mol. The zero-order valence-corrected chi connectivity index (χ0v) is 12.3. The van der Waals surface area contributed by atoms with Crippen LogP contribution < -0.4 is 0 Å². The number of amides is 1. The Balaban J connectivity index is 2.15. The smallest absolute Gasteiger partial charge is 0.244 e. The predicted octanol–water partition coefficient (Wildman–Crippen LogP) is 1.52. The second-order valence-corrected chi connectivity index (χ2v) is 5.75. The van der Waals surface area contributed by atoms with Gasteiger partial charge in [0.05, 0.1) is 0 Å². The Morgan fingerprint density at radius 1 is 1.40 bits per heavy atom. The Morgan fingerprint density at radius 2 is 2.10 bits per heavy atom. The summed E-state index contributed by atoms with van der Waals surface area (Å²) in [6, 6.07) is 9.64. The molecule has 1 heterocycles. The molecule has 1 aliphatic rings. The standard InChI is InChI=1S/C16H24N2O2/c1-17(2)15(14-8-4-3-5-9-14)16(20)18-10-6-7-13(11-18)12-19/h3-5,8-9,13,15,19H,6-7,10-12H2,1-2H3. The summed E-state index contributed by atoms with van der Waals surface area (Å²) in [5.74, 6) is 0.366. The number of likely N-dealkylation sites (N-methyl/N-ethyl adjacent to an activating group) is 1. The lowest BCUT2D eigenvalue weighted by molar-refractivity contribution is -0.138. The zero-order chi connectivity index (χ0) is 14.5. The molecule has 2 rings (SSSR count). The molecule has 1 aromatic rings. The fraction of sp³-hybridized carbons (Fsp3) is 0.562. The minimum absolute atomic E-state index is 0.138. The lowest BCUT2D eigenvalue weighted by atomic mass is 9.97. The van der Waals surface area contributed by atoms with Crippen LogP contribution in [0.25, 0.3) is 0 Å². The first-order chi connectivity index (χ1) is 9.63. The number of aliphatic hydroxyl groups excluding tert-OH is 1. The monoisotopic (exact) mass is 276 g/mol. The second-order valence-electron chi connectivity index (χ2n) is 5.75. The Labute approximate surface area is 121 Å². The van der Waals surface area contributed by atoms with Gasteiger partial charge in [0.15, 0.2) is 0 Å². The molecule has 2 atom stereocenters. The molecule has 1 aliphatic heterocycles. The summed E-state index contributed by atoms with van der Waals surface area (Å²) in [4.78, 5) is 16.7. The number of carbonyl (C=O) groups is 1. The van der Waals surface area contributed by atoms with Crippen LogP contribution in [0.3, 0.4) is 0 Å². The number of nitrogens with zero attached hydrogens (tertiary/aromatic N) is 2. The van der Waals surface area contributed by atoms with Crippen LogP contribution in [0, 0.1) is 5.92 Å². The van der Waals surface area contributed by atoms with Gasteiger partial charge in [0.1, 0.15) is 6.04 Å². The zero-order valence-electron chi connectivity index (χ0n) is 12.3. The van der Waals surface area contributed by atoms with Crippen LogP contribution in [0.5, 0.6) is 0 Å². The van der Waals surface area contributed by atoms with Gasteiger partial charge in [-0.2, -0.15) is 0 Å². The van der Waals surface area contributed by atoms with E-state index in [1.54, 1.807) is 0 Å². The van der Waals surface area contributed by atoms with Crippen molar-refractivity contribution in [2.45, 2.75) is 18.9 Å². The van der Waals surface area contributed by atoms with Gasteiger partial charge in [-0.3, -0.25) is 9.69 Å². The SMILES string of the molecule is CN(C)C(C(=O)N1CCCC(CO)C1)c1ccccc1. The molecule has 0 aliphatic carbocycles. The average molecular weight is 276 g/mol. The van der Waals surface area contributed by atoms with Crippen molar-refractivity contribution in [2.75, 3.05) is 33.8 Å². The molecule has 0 bridgehead atoms. The molecule has 0 radical (unpaired) electrons. The summed E-state index contributed by atoms with van der Waals surface area (Å²) in [7, 11) is 3.87. The van der Waals surface area contributed by atoms with Crippen LogP contribution in [0.1, 0.15) is 24.4 Å². The van der Waals surface area contributed by atoms with Crippen molar-refractivity contribution >= 4 is 5.91 Å².